The third kappa shape index (κ3) is 3.48. The van der Waals surface area contributed by atoms with Crippen LogP contribution in [0.5, 0.6) is 0 Å². The van der Waals surface area contributed by atoms with Crippen LogP contribution in [-0.2, 0) is 23.8 Å². The first-order chi connectivity index (χ1) is 12.3. The van der Waals surface area contributed by atoms with Crippen LogP contribution in [0.25, 0.3) is 0 Å². The van der Waals surface area contributed by atoms with Gasteiger partial charge in [0.1, 0.15) is 18.3 Å². The summed E-state index contributed by atoms with van der Waals surface area (Å²) >= 11 is 0. The van der Waals surface area contributed by atoms with E-state index in [9.17, 15) is 9.59 Å². The van der Waals surface area contributed by atoms with Crippen molar-refractivity contribution >= 4 is 11.9 Å². The summed E-state index contributed by atoms with van der Waals surface area (Å²) in [5.41, 5.74) is 1.40. The normalized spacial score (nSPS) is 39.2. The van der Waals surface area contributed by atoms with E-state index in [1.165, 1.54) is 6.08 Å². The number of ether oxygens (including phenoxy) is 3. The van der Waals surface area contributed by atoms with E-state index in [1.807, 2.05) is 13.8 Å². The molecule has 3 rings (SSSR count). The maximum atomic E-state index is 12.4. The summed E-state index contributed by atoms with van der Waals surface area (Å²) in [6, 6.07) is 0. The fourth-order valence-corrected chi connectivity index (χ4v) is 3.86. The summed E-state index contributed by atoms with van der Waals surface area (Å²) in [5, 5.41) is 8.99. The van der Waals surface area contributed by atoms with Gasteiger partial charge in [-0.15, -0.1) is 0 Å². The molecule has 2 heterocycles. The number of epoxide rings is 1. The minimum absolute atomic E-state index is 0.210. The van der Waals surface area contributed by atoms with Gasteiger partial charge in [0.15, 0.2) is 0 Å². The largest absolute Gasteiger partial charge is 0.458 e. The second kappa shape index (κ2) is 7.00. The summed E-state index contributed by atoms with van der Waals surface area (Å²) < 4.78 is 17.2. The molecule has 6 nitrogen and oxygen atoms in total. The van der Waals surface area contributed by atoms with Crippen LogP contribution in [0.1, 0.15) is 40.0 Å². The number of carbonyl (C=O) groups is 2. The van der Waals surface area contributed by atoms with E-state index in [-0.39, 0.29) is 18.3 Å². The molecule has 0 radical (unpaired) electrons. The summed E-state index contributed by atoms with van der Waals surface area (Å²) in [6.45, 7) is 9.25. The molecule has 0 unspecified atom stereocenters. The number of hydrogen-bond donors (Lipinski definition) is 1. The zero-order valence-electron chi connectivity index (χ0n) is 15.5. The highest BCUT2D eigenvalue weighted by Gasteiger charge is 2.63. The Kier molecular flexibility index (Phi) is 5.08. The summed E-state index contributed by atoms with van der Waals surface area (Å²) in [6.07, 6.45) is 4.45. The smallest absolute Gasteiger partial charge is 0.334 e. The SMILES string of the molecule is C=C1C(=O)O[C@H]2[C@@H]1[C@H](OC(=O)/C(C)=C/CO)C/C(C)=C/CC[C@@]1(C)O[C@H]21. The Balaban J connectivity index is 1.92. The van der Waals surface area contributed by atoms with Crippen molar-refractivity contribution in [3.05, 3.63) is 35.5 Å². The van der Waals surface area contributed by atoms with E-state index in [0.29, 0.717) is 17.6 Å². The molecule has 3 aliphatic rings. The first-order valence-electron chi connectivity index (χ1n) is 8.98. The zero-order chi connectivity index (χ0) is 19.1. The van der Waals surface area contributed by atoms with E-state index in [1.54, 1.807) is 6.92 Å². The lowest BCUT2D eigenvalue weighted by atomic mass is 9.82. The lowest BCUT2D eigenvalue weighted by molar-refractivity contribution is -0.148. The molecule has 26 heavy (non-hydrogen) atoms. The van der Waals surface area contributed by atoms with Crippen molar-refractivity contribution in [3.63, 3.8) is 0 Å². The Morgan fingerprint density at radius 2 is 2.27 bits per heavy atom. The highest BCUT2D eigenvalue weighted by atomic mass is 16.6. The third-order valence-electron chi connectivity index (χ3n) is 5.54. The summed E-state index contributed by atoms with van der Waals surface area (Å²) in [4.78, 5) is 24.6. The Labute approximate surface area is 153 Å². The van der Waals surface area contributed by atoms with E-state index in [4.69, 9.17) is 19.3 Å². The molecule has 0 aromatic carbocycles. The molecule has 142 valence electrons. The third-order valence-corrected chi connectivity index (χ3v) is 5.54. The molecule has 0 spiro atoms. The van der Waals surface area contributed by atoms with E-state index in [0.717, 1.165) is 18.4 Å². The zero-order valence-corrected chi connectivity index (χ0v) is 15.5. The molecular formula is C20H26O6. The second-order valence-electron chi connectivity index (χ2n) is 7.58. The van der Waals surface area contributed by atoms with Crippen molar-refractivity contribution in [1.29, 1.82) is 0 Å². The van der Waals surface area contributed by atoms with Gasteiger partial charge in [0.25, 0.3) is 0 Å². The van der Waals surface area contributed by atoms with Crippen LogP contribution in [-0.4, -0.2) is 47.6 Å². The first kappa shape index (κ1) is 18.9. The topological polar surface area (TPSA) is 85.4 Å². The standard InChI is InChI=1S/C20H26O6/c1-11-6-5-8-20(4)17(26-20)16-15(13(3)19(23)25-16)14(10-11)24-18(22)12(2)7-9-21/h6-7,14-17,21H,3,5,8-10H2,1-2,4H3/b11-6+,12-7+/t14-,15+,16+,17-,20-/m1/s1. The van der Waals surface area contributed by atoms with Gasteiger partial charge in [-0.05, 0) is 39.7 Å². The van der Waals surface area contributed by atoms with E-state index >= 15 is 0 Å². The number of aliphatic hydroxyl groups excluding tert-OH is 1. The molecule has 2 saturated heterocycles. The first-order valence-corrected chi connectivity index (χ1v) is 8.98. The summed E-state index contributed by atoms with van der Waals surface area (Å²) in [7, 11) is 0. The van der Waals surface area contributed by atoms with Gasteiger partial charge in [-0.25, -0.2) is 9.59 Å². The van der Waals surface area contributed by atoms with Gasteiger partial charge in [-0.1, -0.05) is 18.2 Å². The molecular weight excluding hydrogens is 336 g/mol. The van der Waals surface area contributed by atoms with Gasteiger partial charge < -0.3 is 19.3 Å². The van der Waals surface area contributed by atoms with Gasteiger partial charge in [0.05, 0.1) is 18.1 Å². The van der Waals surface area contributed by atoms with Gasteiger partial charge >= 0.3 is 11.9 Å². The Morgan fingerprint density at radius 3 is 2.96 bits per heavy atom. The molecule has 6 heteroatoms. The van der Waals surface area contributed by atoms with Crippen LogP contribution < -0.4 is 0 Å². The van der Waals surface area contributed by atoms with Crippen LogP contribution in [0.4, 0.5) is 0 Å². The van der Waals surface area contributed by atoms with Crippen LogP contribution in [0, 0.1) is 5.92 Å². The Bertz CT molecular complexity index is 690. The Hall–Kier alpha value is -1.92. The van der Waals surface area contributed by atoms with Crippen molar-refractivity contribution in [2.75, 3.05) is 6.61 Å². The predicted molar refractivity (Wildman–Crippen MR) is 94.1 cm³/mol. The number of aliphatic hydroxyl groups is 1. The minimum atomic E-state index is -0.573. The molecule has 0 bridgehead atoms. The van der Waals surface area contributed by atoms with E-state index < -0.39 is 30.1 Å². The van der Waals surface area contributed by atoms with Crippen LogP contribution in [0.3, 0.4) is 0 Å². The molecule has 2 aliphatic heterocycles. The number of fused-ring (bicyclic) bond motifs is 3. The number of allylic oxidation sites excluding steroid dienone is 1. The van der Waals surface area contributed by atoms with Gasteiger partial charge in [0.2, 0.25) is 0 Å². The van der Waals surface area contributed by atoms with Gasteiger partial charge in [-0.2, -0.15) is 0 Å². The van der Waals surface area contributed by atoms with E-state index in [2.05, 4.69) is 12.7 Å². The highest BCUT2D eigenvalue weighted by Crippen LogP contribution is 2.50. The lowest BCUT2D eigenvalue weighted by Gasteiger charge is -2.28. The lowest BCUT2D eigenvalue weighted by Crippen LogP contribution is -2.38. The fraction of sp³-hybridized carbons (Fsp3) is 0.600. The number of esters is 2. The maximum absolute atomic E-state index is 12.4. The molecule has 0 aromatic rings. The molecule has 0 saturated carbocycles. The highest BCUT2D eigenvalue weighted by molar-refractivity contribution is 5.91. The van der Waals surface area contributed by atoms with Crippen LogP contribution in [0.2, 0.25) is 0 Å². The molecule has 0 aromatic heterocycles. The molecule has 1 N–H and O–H groups in total. The second-order valence-corrected chi connectivity index (χ2v) is 7.58. The molecule has 5 atom stereocenters. The summed E-state index contributed by atoms with van der Waals surface area (Å²) in [5.74, 6) is -1.41. The van der Waals surface area contributed by atoms with Crippen molar-refractivity contribution in [3.8, 4) is 0 Å². The average molecular weight is 362 g/mol. The predicted octanol–water partition coefficient (Wildman–Crippen LogP) is 2.22. The quantitative estimate of drug-likeness (QED) is 0.359. The van der Waals surface area contributed by atoms with Crippen LogP contribution in [0.15, 0.2) is 35.5 Å². The van der Waals surface area contributed by atoms with Crippen molar-refractivity contribution in [2.45, 2.75) is 63.9 Å². The van der Waals surface area contributed by atoms with Crippen LogP contribution >= 0.6 is 0 Å². The van der Waals surface area contributed by atoms with Crippen molar-refractivity contribution in [1.82, 2.24) is 0 Å². The Morgan fingerprint density at radius 1 is 1.54 bits per heavy atom. The molecule has 1 aliphatic carbocycles. The monoisotopic (exact) mass is 362 g/mol. The maximum Gasteiger partial charge on any atom is 0.334 e. The molecule has 2 fully saturated rings. The van der Waals surface area contributed by atoms with Crippen molar-refractivity contribution < 1.29 is 28.9 Å². The number of rotatable bonds is 3. The minimum Gasteiger partial charge on any atom is -0.458 e. The number of hydrogen-bond acceptors (Lipinski definition) is 6. The average Bonchev–Trinajstić information content (AvgIpc) is 3.15. The fourth-order valence-electron chi connectivity index (χ4n) is 3.86. The van der Waals surface area contributed by atoms with Gasteiger partial charge in [0, 0.05) is 17.6 Å². The van der Waals surface area contributed by atoms with Crippen molar-refractivity contribution in [2.24, 2.45) is 5.92 Å². The molecule has 0 amide bonds. The van der Waals surface area contributed by atoms with Gasteiger partial charge in [-0.3, -0.25) is 0 Å². The number of carbonyl (C=O) groups excluding carboxylic acids is 2.